The van der Waals surface area contributed by atoms with Gasteiger partial charge >= 0.3 is 0 Å². The topological polar surface area (TPSA) is 86.4 Å². The van der Waals surface area contributed by atoms with Crippen LogP contribution in [0.5, 0.6) is 0 Å². The van der Waals surface area contributed by atoms with Crippen LogP contribution in [0, 0.1) is 11.8 Å². The minimum Gasteiger partial charge on any atom is -0.337 e. The van der Waals surface area contributed by atoms with Crippen LogP contribution in [-0.4, -0.2) is 44.7 Å². The van der Waals surface area contributed by atoms with E-state index in [1.807, 2.05) is 9.80 Å². The smallest absolute Gasteiger partial charge is 0.256 e. The summed E-state index contributed by atoms with van der Waals surface area (Å²) in [5.74, 6) is 1.37. The number of rotatable bonds is 3. The third-order valence-electron chi connectivity index (χ3n) is 7.13. The zero-order chi connectivity index (χ0) is 20.0. The molecule has 29 heavy (non-hydrogen) atoms. The zero-order valence-corrected chi connectivity index (χ0v) is 17.0. The molecule has 2 aliphatic heterocycles. The second-order valence-corrected chi connectivity index (χ2v) is 9.19. The van der Waals surface area contributed by atoms with E-state index in [1.54, 1.807) is 0 Å². The Bertz CT molecular complexity index is 869. The lowest BCUT2D eigenvalue weighted by Gasteiger charge is -2.36. The van der Waals surface area contributed by atoms with Gasteiger partial charge in [-0.1, -0.05) is 12.8 Å². The Balaban J connectivity index is 1.37. The number of aromatic nitrogens is 2. The van der Waals surface area contributed by atoms with Gasteiger partial charge in [0.05, 0.1) is 23.8 Å². The van der Waals surface area contributed by atoms with Crippen molar-refractivity contribution in [3.8, 4) is 0 Å². The lowest BCUT2D eigenvalue weighted by atomic mass is 9.99. The number of amides is 2. The SMILES string of the molecule is O=C(C1CCCC1)N1CCc2nc(C3CCCCN3C(=O)C3CC3)[nH]c(=O)c2C1. The molecular weight excluding hydrogens is 368 g/mol. The van der Waals surface area contributed by atoms with Gasteiger partial charge in [0.1, 0.15) is 5.82 Å². The number of hydrogen-bond acceptors (Lipinski definition) is 4. The Morgan fingerprint density at radius 2 is 1.62 bits per heavy atom. The minimum absolute atomic E-state index is 0.118. The maximum Gasteiger partial charge on any atom is 0.256 e. The third kappa shape index (κ3) is 3.60. The maximum absolute atomic E-state index is 12.9. The molecule has 2 aliphatic carbocycles. The van der Waals surface area contributed by atoms with E-state index in [1.165, 1.54) is 0 Å². The number of piperidine rings is 1. The molecule has 2 amide bonds. The molecule has 4 aliphatic rings. The molecule has 0 radical (unpaired) electrons. The van der Waals surface area contributed by atoms with Crippen LogP contribution in [0.1, 0.15) is 80.9 Å². The summed E-state index contributed by atoms with van der Waals surface area (Å²) in [6.45, 7) is 1.75. The lowest BCUT2D eigenvalue weighted by molar-refractivity contribution is -0.137. The fraction of sp³-hybridized carbons (Fsp3) is 0.727. The fourth-order valence-corrected chi connectivity index (χ4v) is 5.27. The summed E-state index contributed by atoms with van der Waals surface area (Å²) in [7, 11) is 0. The van der Waals surface area contributed by atoms with Crippen LogP contribution >= 0.6 is 0 Å². The number of likely N-dealkylation sites (tertiary alicyclic amines) is 1. The summed E-state index contributed by atoms with van der Waals surface area (Å²) >= 11 is 0. The highest BCUT2D eigenvalue weighted by Crippen LogP contribution is 2.37. The highest BCUT2D eigenvalue weighted by molar-refractivity contribution is 5.81. The predicted octanol–water partition coefficient (Wildman–Crippen LogP) is 2.31. The molecule has 3 heterocycles. The summed E-state index contributed by atoms with van der Waals surface area (Å²) in [5.41, 5.74) is 1.30. The molecule has 1 unspecified atom stereocenters. The lowest BCUT2D eigenvalue weighted by Crippen LogP contribution is -2.44. The van der Waals surface area contributed by atoms with Gasteiger partial charge in [-0.2, -0.15) is 0 Å². The molecule has 0 aromatic carbocycles. The van der Waals surface area contributed by atoms with Crippen molar-refractivity contribution in [2.75, 3.05) is 13.1 Å². The van der Waals surface area contributed by atoms with Crippen LogP contribution < -0.4 is 5.56 Å². The van der Waals surface area contributed by atoms with E-state index in [0.29, 0.717) is 30.9 Å². The molecule has 7 nitrogen and oxygen atoms in total. The highest BCUT2D eigenvalue weighted by atomic mass is 16.2. The van der Waals surface area contributed by atoms with E-state index < -0.39 is 0 Å². The van der Waals surface area contributed by atoms with Crippen molar-refractivity contribution in [3.05, 3.63) is 27.4 Å². The Hall–Kier alpha value is -2.18. The van der Waals surface area contributed by atoms with Crippen LogP contribution in [0.4, 0.5) is 0 Å². The van der Waals surface area contributed by atoms with Crippen molar-refractivity contribution in [1.82, 2.24) is 19.8 Å². The van der Waals surface area contributed by atoms with E-state index in [2.05, 4.69) is 4.98 Å². The van der Waals surface area contributed by atoms with Gasteiger partial charge in [0.25, 0.3) is 5.56 Å². The number of carbonyl (C=O) groups excluding carboxylic acids is 2. The Labute approximate surface area is 170 Å². The molecule has 1 N–H and O–H groups in total. The first-order valence-electron chi connectivity index (χ1n) is 11.3. The third-order valence-corrected chi connectivity index (χ3v) is 7.13. The van der Waals surface area contributed by atoms with Gasteiger partial charge in [-0.25, -0.2) is 4.98 Å². The average molecular weight is 399 g/mol. The fourth-order valence-electron chi connectivity index (χ4n) is 5.27. The molecule has 7 heteroatoms. The number of hydrogen-bond donors (Lipinski definition) is 1. The number of H-pyrrole nitrogens is 1. The summed E-state index contributed by atoms with van der Waals surface area (Å²) in [4.78, 5) is 50.0. The van der Waals surface area contributed by atoms with E-state index in [4.69, 9.17) is 4.98 Å². The molecule has 3 fully saturated rings. The Morgan fingerprint density at radius 3 is 2.38 bits per heavy atom. The summed E-state index contributed by atoms with van der Waals surface area (Å²) < 4.78 is 0. The first-order chi connectivity index (χ1) is 14.1. The highest BCUT2D eigenvalue weighted by Gasteiger charge is 2.39. The average Bonchev–Trinajstić information content (AvgIpc) is 3.46. The van der Waals surface area contributed by atoms with Gasteiger partial charge in [-0.3, -0.25) is 14.4 Å². The predicted molar refractivity (Wildman–Crippen MR) is 107 cm³/mol. The van der Waals surface area contributed by atoms with Crippen molar-refractivity contribution in [1.29, 1.82) is 0 Å². The number of nitrogens with zero attached hydrogens (tertiary/aromatic N) is 3. The number of nitrogens with one attached hydrogen (secondary N) is 1. The van der Waals surface area contributed by atoms with Crippen molar-refractivity contribution >= 4 is 11.8 Å². The molecule has 1 saturated heterocycles. The monoisotopic (exact) mass is 398 g/mol. The van der Waals surface area contributed by atoms with Crippen LogP contribution in [0.3, 0.4) is 0 Å². The Kier molecular flexibility index (Phi) is 4.92. The largest absolute Gasteiger partial charge is 0.337 e. The van der Waals surface area contributed by atoms with Crippen molar-refractivity contribution in [2.45, 2.75) is 76.8 Å². The van der Waals surface area contributed by atoms with Gasteiger partial charge in [0, 0.05) is 31.3 Å². The first kappa shape index (κ1) is 18.8. The normalized spacial score (nSPS) is 25.2. The molecule has 156 valence electrons. The summed E-state index contributed by atoms with van der Waals surface area (Å²) in [6.07, 6.45) is 9.71. The molecule has 1 aromatic rings. The molecular formula is C22H30N4O3. The van der Waals surface area contributed by atoms with E-state index in [0.717, 1.165) is 70.0 Å². The summed E-state index contributed by atoms with van der Waals surface area (Å²) in [6, 6.07) is -0.118. The zero-order valence-electron chi connectivity index (χ0n) is 17.0. The van der Waals surface area contributed by atoms with E-state index in [9.17, 15) is 14.4 Å². The van der Waals surface area contributed by atoms with Gasteiger partial charge < -0.3 is 14.8 Å². The molecule has 0 bridgehead atoms. The van der Waals surface area contributed by atoms with Crippen molar-refractivity contribution in [3.63, 3.8) is 0 Å². The molecule has 1 atom stereocenters. The molecule has 0 spiro atoms. The van der Waals surface area contributed by atoms with E-state index >= 15 is 0 Å². The van der Waals surface area contributed by atoms with Crippen LogP contribution in [0.25, 0.3) is 0 Å². The first-order valence-corrected chi connectivity index (χ1v) is 11.3. The van der Waals surface area contributed by atoms with Gasteiger partial charge in [0.15, 0.2) is 0 Å². The second-order valence-electron chi connectivity index (χ2n) is 9.19. The summed E-state index contributed by atoms with van der Waals surface area (Å²) in [5, 5.41) is 0. The number of fused-ring (bicyclic) bond motifs is 1. The van der Waals surface area contributed by atoms with Crippen molar-refractivity contribution in [2.24, 2.45) is 11.8 Å². The quantitative estimate of drug-likeness (QED) is 0.847. The van der Waals surface area contributed by atoms with Gasteiger partial charge in [0.2, 0.25) is 11.8 Å². The molecule has 5 rings (SSSR count). The Morgan fingerprint density at radius 1 is 0.897 bits per heavy atom. The molecule has 1 aromatic heterocycles. The molecule has 2 saturated carbocycles. The second kappa shape index (κ2) is 7.58. The minimum atomic E-state index is -0.140. The maximum atomic E-state index is 12.9. The van der Waals surface area contributed by atoms with Gasteiger partial charge in [-0.15, -0.1) is 0 Å². The van der Waals surface area contributed by atoms with Crippen LogP contribution in [-0.2, 0) is 22.6 Å². The van der Waals surface area contributed by atoms with E-state index in [-0.39, 0.29) is 35.3 Å². The van der Waals surface area contributed by atoms with Gasteiger partial charge in [-0.05, 0) is 44.9 Å². The number of aromatic amines is 1. The number of carbonyl (C=O) groups is 2. The standard InChI is InChI=1S/C22H30N4O3/c27-20-16-13-25(21(28)14-5-1-2-6-14)12-10-17(16)23-19(24-20)18-7-3-4-11-26(18)22(29)15-8-9-15/h14-15,18H,1-13H2,(H,23,24,27). The van der Waals surface area contributed by atoms with Crippen LogP contribution in [0.15, 0.2) is 4.79 Å². The van der Waals surface area contributed by atoms with Crippen LogP contribution in [0.2, 0.25) is 0 Å². The van der Waals surface area contributed by atoms with Crippen molar-refractivity contribution < 1.29 is 9.59 Å².